The lowest BCUT2D eigenvalue weighted by Crippen LogP contribution is -2.54. The zero-order chi connectivity index (χ0) is 18.8. The van der Waals surface area contributed by atoms with Crippen molar-refractivity contribution in [1.29, 1.82) is 0 Å². The van der Waals surface area contributed by atoms with Crippen molar-refractivity contribution >= 4 is 22.9 Å². The third-order valence-corrected chi connectivity index (χ3v) is 5.42. The Labute approximate surface area is 157 Å². The summed E-state index contributed by atoms with van der Waals surface area (Å²) in [5, 5.41) is 3.27. The van der Waals surface area contributed by atoms with Crippen LogP contribution in [0.25, 0.3) is 0 Å². The van der Waals surface area contributed by atoms with Crippen molar-refractivity contribution in [1.82, 2.24) is 15.1 Å². The maximum atomic E-state index is 12.2. The molecule has 2 rings (SSSR count). The molecule has 0 aliphatic carbocycles. The van der Waals surface area contributed by atoms with Crippen LogP contribution in [0.4, 0.5) is 4.79 Å². The maximum absolute atomic E-state index is 12.2. The maximum Gasteiger partial charge on any atom is 0.409 e. The second-order valence-corrected chi connectivity index (χ2v) is 7.50. The summed E-state index contributed by atoms with van der Waals surface area (Å²) >= 11 is 0. The number of ether oxygens (including phenoxy) is 1. The molecule has 0 saturated carbocycles. The summed E-state index contributed by atoms with van der Waals surface area (Å²) < 4.78 is 17.2. The fourth-order valence-electron chi connectivity index (χ4n) is 2.76. The van der Waals surface area contributed by atoms with Crippen molar-refractivity contribution in [3.8, 4) is 0 Å². The molecule has 0 aromatic heterocycles. The van der Waals surface area contributed by atoms with Gasteiger partial charge in [0.15, 0.2) is 5.96 Å². The molecule has 144 valence electrons. The van der Waals surface area contributed by atoms with E-state index in [4.69, 9.17) is 4.74 Å². The summed E-state index contributed by atoms with van der Waals surface area (Å²) in [6.45, 7) is 5.42. The second kappa shape index (κ2) is 10.8. The Morgan fingerprint density at radius 2 is 1.85 bits per heavy atom. The largest absolute Gasteiger partial charge is 0.450 e. The third-order valence-electron chi connectivity index (χ3n) is 4.10. The molecule has 26 heavy (non-hydrogen) atoms. The minimum atomic E-state index is -0.914. The number of carbonyl (C=O) groups is 1. The molecule has 7 nitrogen and oxygen atoms in total. The average molecular weight is 381 g/mol. The first-order chi connectivity index (χ1) is 12.6. The Kier molecular flexibility index (Phi) is 8.40. The zero-order valence-electron chi connectivity index (χ0n) is 15.5. The molecule has 1 aliphatic rings. The minimum Gasteiger partial charge on any atom is -0.450 e. The van der Waals surface area contributed by atoms with E-state index in [0.29, 0.717) is 50.8 Å². The van der Waals surface area contributed by atoms with Crippen molar-refractivity contribution in [2.75, 3.05) is 52.1 Å². The molecule has 1 aromatic carbocycles. The first-order valence-electron chi connectivity index (χ1n) is 8.90. The predicted octanol–water partition coefficient (Wildman–Crippen LogP) is 1.28. The van der Waals surface area contributed by atoms with Gasteiger partial charge in [0.1, 0.15) is 0 Å². The fourth-order valence-corrected chi connectivity index (χ4v) is 3.80. The van der Waals surface area contributed by atoms with Gasteiger partial charge in [-0.25, -0.2) is 4.79 Å². The number of piperazine rings is 1. The smallest absolute Gasteiger partial charge is 0.409 e. The Hall–Kier alpha value is -2.09. The lowest BCUT2D eigenvalue weighted by atomic mass is 10.2. The molecule has 0 radical (unpaired) electrons. The van der Waals surface area contributed by atoms with Gasteiger partial charge in [-0.1, -0.05) is 30.3 Å². The molecule has 1 fully saturated rings. The highest BCUT2D eigenvalue weighted by Crippen LogP contribution is 2.05. The SMILES string of the molecule is CCOC(=O)N1CCN(C(=NC)NCCS(=O)Cc2ccccc2)CC1. The van der Waals surface area contributed by atoms with Gasteiger partial charge >= 0.3 is 6.09 Å². The fraction of sp³-hybridized carbons (Fsp3) is 0.556. The van der Waals surface area contributed by atoms with Gasteiger partial charge in [-0.2, -0.15) is 0 Å². The molecular weight excluding hydrogens is 352 g/mol. The summed E-state index contributed by atoms with van der Waals surface area (Å²) in [7, 11) is 0.823. The number of carbonyl (C=O) groups excluding carboxylic acids is 1. The first-order valence-corrected chi connectivity index (χ1v) is 10.4. The Bertz CT molecular complexity index is 616. The van der Waals surface area contributed by atoms with E-state index in [0.717, 1.165) is 11.5 Å². The molecule has 1 amide bonds. The van der Waals surface area contributed by atoms with Crippen LogP contribution in [0.3, 0.4) is 0 Å². The lowest BCUT2D eigenvalue weighted by Gasteiger charge is -2.35. The van der Waals surface area contributed by atoms with Crippen LogP contribution in [-0.4, -0.2) is 78.2 Å². The van der Waals surface area contributed by atoms with E-state index >= 15 is 0 Å². The van der Waals surface area contributed by atoms with Gasteiger partial charge in [-0.3, -0.25) is 9.20 Å². The van der Waals surface area contributed by atoms with Crippen molar-refractivity contribution in [2.45, 2.75) is 12.7 Å². The van der Waals surface area contributed by atoms with E-state index in [9.17, 15) is 9.00 Å². The third kappa shape index (κ3) is 6.33. The summed E-state index contributed by atoms with van der Waals surface area (Å²) in [5.74, 6) is 1.92. The van der Waals surface area contributed by atoms with Crippen LogP contribution >= 0.6 is 0 Å². The van der Waals surface area contributed by atoms with Gasteiger partial charge in [0.25, 0.3) is 0 Å². The Balaban J connectivity index is 1.71. The molecule has 1 N–H and O–H groups in total. The quantitative estimate of drug-likeness (QED) is 0.595. The van der Waals surface area contributed by atoms with Crippen LogP contribution in [0.15, 0.2) is 35.3 Å². The highest BCUT2D eigenvalue weighted by atomic mass is 32.2. The molecule has 1 saturated heterocycles. The summed E-state index contributed by atoms with van der Waals surface area (Å²) in [6, 6.07) is 9.87. The predicted molar refractivity (Wildman–Crippen MR) is 105 cm³/mol. The van der Waals surface area contributed by atoms with Crippen LogP contribution < -0.4 is 5.32 Å². The van der Waals surface area contributed by atoms with E-state index in [1.807, 2.05) is 37.3 Å². The number of hydrogen-bond donors (Lipinski definition) is 1. The van der Waals surface area contributed by atoms with E-state index in [1.165, 1.54) is 0 Å². The highest BCUT2D eigenvalue weighted by molar-refractivity contribution is 7.84. The van der Waals surface area contributed by atoms with Crippen molar-refractivity contribution in [2.24, 2.45) is 4.99 Å². The van der Waals surface area contributed by atoms with Gasteiger partial charge < -0.3 is 19.9 Å². The van der Waals surface area contributed by atoms with E-state index < -0.39 is 10.8 Å². The molecule has 1 aliphatic heterocycles. The molecule has 0 spiro atoms. The topological polar surface area (TPSA) is 74.2 Å². The van der Waals surface area contributed by atoms with Crippen molar-refractivity contribution < 1.29 is 13.7 Å². The molecule has 1 atom stereocenters. The number of nitrogens with zero attached hydrogens (tertiary/aromatic N) is 3. The summed E-state index contributed by atoms with van der Waals surface area (Å²) in [6.07, 6.45) is -0.258. The van der Waals surface area contributed by atoms with Gasteiger partial charge in [0, 0.05) is 62.1 Å². The highest BCUT2D eigenvalue weighted by Gasteiger charge is 2.23. The number of amides is 1. The number of aliphatic imine (C=N–C) groups is 1. The Morgan fingerprint density at radius 1 is 1.19 bits per heavy atom. The molecular formula is C18H28N4O3S. The number of benzene rings is 1. The monoisotopic (exact) mass is 380 g/mol. The van der Waals surface area contributed by atoms with Crippen LogP contribution in [-0.2, 0) is 21.3 Å². The standard InChI is InChI=1S/C18H28N4O3S/c1-3-25-18(23)22-12-10-21(11-13-22)17(19-2)20-9-14-26(24)15-16-7-5-4-6-8-16/h4-8H,3,9-15H2,1-2H3,(H,19,20). The lowest BCUT2D eigenvalue weighted by molar-refractivity contribution is 0.0915. The number of rotatable bonds is 6. The van der Waals surface area contributed by atoms with Crippen molar-refractivity contribution in [3.05, 3.63) is 35.9 Å². The number of hydrogen-bond acceptors (Lipinski definition) is 4. The van der Waals surface area contributed by atoms with Crippen LogP contribution in [0.5, 0.6) is 0 Å². The van der Waals surface area contributed by atoms with E-state index in [-0.39, 0.29) is 6.09 Å². The first kappa shape index (κ1) is 20.2. The summed E-state index contributed by atoms with van der Waals surface area (Å²) in [4.78, 5) is 19.9. The molecule has 1 unspecified atom stereocenters. The van der Waals surface area contributed by atoms with Crippen LogP contribution in [0, 0.1) is 0 Å². The van der Waals surface area contributed by atoms with Crippen LogP contribution in [0.2, 0.25) is 0 Å². The number of nitrogens with one attached hydrogen (secondary N) is 1. The van der Waals surface area contributed by atoms with E-state index in [1.54, 1.807) is 11.9 Å². The molecule has 1 aromatic rings. The van der Waals surface area contributed by atoms with Gasteiger partial charge in [0.2, 0.25) is 0 Å². The van der Waals surface area contributed by atoms with Gasteiger partial charge in [0.05, 0.1) is 6.61 Å². The molecule has 8 heteroatoms. The van der Waals surface area contributed by atoms with Crippen LogP contribution in [0.1, 0.15) is 12.5 Å². The summed E-state index contributed by atoms with van der Waals surface area (Å²) in [5.41, 5.74) is 1.09. The van der Waals surface area contributed by atoms with E-state index in [2.05, 4.69) is 15.2 Å². The average Bonchev–Trinajstić information content (AvgIpc) is 2.66. The molecule has 0 bridgehead atoms. The zero-order valence-corrected chi connectivity index (χ0v) is 16.3. The van der Waals surface area contributed by atoms with Gasteiger partial charge in [-0.05, 0) is 12.5 Å². The number of guanidine groups is 1. The minimum absolute atomic E-state index is 0.258. The second-order valence-electron chi connectivity index (χ2n) is 5.92. The normalized spacial score (nSPS) is 16.3. The van der Waals surface area contributed by atoms with Crippen molar-refractivity contribution in [3.63, 3.8) is 0 Å². The Morgan fingerprint density at radius 3 is 2.46 bits per heavy atom. The van der Waals surface area contributed by atoms with Gasteiger partial charge in [-0.15, -0.1) is 0 Å². The molecule has 1 heterocycles.